The van der Waals surface area contributed by atoms with Crippen LogP contribution in [0.2, 0.25) is 0 Å². The zero-order valence-corrected chi connectivity index (χ0v) is 14.4. The van der Waals surface area contributed by atoms with Gasteiger partial charge in [-0.15, -0.1) is 11.3 Å². The number of thiazole rings is 1. The molecule has 0 unspecified atom stereocenters. The molecule has 0 aliphatic carbocycles. The first-order valence-electron chi connectivity index (χ1n) is 8.28. The Hall–Kier alpha value is -2.67. The number of nitrogens with zero attached hydrogens (tertiary/aromatic N) is 2. The highest BCUT2D eigenvalue weighted by Crippen LogP contribution is 2.24. The summed E-state index contributed by atoms with van der Waals surface area (Å²) in [5, 5.41) is 6.25. The number of hydrogen-bond donors (Lipinski definition) is 2. The van der Waals surface area contributed by atoms with Crippen LogP contribution in [-0.4, -0.2) is 39.8 Å². The van der Waals surface area contributed by atoms with E-state index in [1.165, 1.54) is 11.3 Å². The molecule has 1 aromatic carbocycles. The van der Waals surface area contributed by atoms with E-state index in [0.29, 0.717) is 36.6 Å². The molecule has 1 saturated heterocycles. The quantitative estimate of drug-likeness (QED) is 0.758. The molecule has 1 aliphatic rings. The second-order valence-electron chi connectivity index (χ2n) is 6.14. The summed E-state index contributed by atoms with van der Waals surface area (Å²) < 4.78 is 0. The summed E-state index contributed by atoms with van der Waals surface area (Å²) in [5.74, 6) is -0.0544. The Bertz CT molecular complexity index is 895. The van der Waals surface area contributed by atoms with Crippen LogP contribution in [-0.2, 0) is 4.79 Å². The first kappa shape index (κ1) is 15.8. The van der Waals surface area contributed by atoms with Gasteiger partial charge in [0.15, 0.2) is 5.13 Å². The molecule has 2 aromatic heterocycles. The van der Waals surface area contributed by atoms with Crippen molar-refractivity contribution in [3.05, 3.63) is 47.6 Å². The number of carbonyl (C=O) groups excluding carboxylic acids is 2. The molecule has 2 amide bonds. The molecule has 7 heteroatoms. The normalized spacial score (nSPS) is 15.4. The van der Waals surface area contributed by atoms with Crippen molar-refractivity contribution in [3.63, 3.8) is 0 Å². The SMILES string of the molecule is O=C(Nc1nccs1)C1CCN(C(=O)c2c[nH]c3ccccc23)CC1. The molecule has 0 radical (unpaired) electrons. The van der Waals surface area contributed by atoms with Crippen molar-refractivity contribution in [2.45, 2.75) is 12.8 Å². The zero-order chi connectivity index (χ0) is 17.2. The minimum atomic E-state index is -0.0732. The van der Waals surface area contributed by atoms with Crippen LogP contribution in [0.5, 0.6) is 0 Å². The fourth-order valence-electron chi connectivity index (χ4n) is 3.26. The minimum absolute atomic E-state index is 0.00542. The van der Waals surface area contributed by atoms with Crippen LogP contribution in [0.25, 0.3) is 10.9 Å². The number of benzene rings is 1. The Morgan fingerprint density at radius 1 is 1.24 bits per heavy atom. The van der Waals surface area contributed by atoms with E-state index in [9.17, 15) is 9.59 Å². The first-order valence-corrected chi connectivity index (χ1v) is 9.16. The van der Waals surface area contributed by atoms with Crippen LogP contribution in [0.15, 0.2) is 42.0 Å². The van der Waals surface area contributed by atoms with E-state index < -0.39 is 0 Å². The number of nitrogens with one attached hydrogen (secondary N) is 2. The summed E-state index contributed by atoms with van der Waals surface area (Å²) in [6.45, 7) is 1.18. The number of amides is 2. The molecule has 0 atom stereocenters. The number of rotatable bonds is 3. The number of hydrogen-bond acceptors (Lipinski definition) is 4. The largest absolute Gasteiger partial charge is 0.360 e. The lowest BCUT2D eigenvalue weighted by Crippen LogP contribution is -2.41. The summed E-state index contributed by atoms with van der Waals surface area (Å²) in [6, 6.07) is 7.79. The lowest BCUT2D eigenvalue weighted by Gasteiger charge is -2.31. The van der Waals surface area contributed by atoms with Gasteiger partial charge in [0.05, 0.1) is 5.56 Å². The van der Waals surface area contributed by atoms with E-state index in [1.54, 1.807) is 12.4 Å². The predicted octanol–water partition coefficient (Wildman–Crippen LogP) is 3.12. The summed E-state index contributed by atoms with van der Waals surface area (Å²) >= 11 is 1.41. The first-order chi connectivity index (χ1) is 12.2. The average molecular weight is 354 g/mol. The van der Waals surface area contributed by atoms with E-state index in [-0.39, 0.29) is 17.7 Å². The highest BCUT2D eigenvalue weighted by molar-refractivity contribution is 7.13. The van der Waals surface area contributed by atoms with Gasteiger partial charge in [-0.1, -0.05) is 18.2 Å². The summed E-state index contributed by atoms with van der Waals surface area (Å²) in [4.78, 5) is 34.2. The maximum absolute atomic E-state index is 12.8. The van der Waals surface area contributed by atoms with E-state index in [2.05, 4.69) is 15.3 Å². The zero-order valence-electron chi connectivity index (χ0n) is 13.6. The number of anilines is 1. The van der Waals surface area contributed by atoms with Crippen molar-refractivity contribution < 1.29 is 9.59 Å². The molecule has 1 aliphatic heterocycles. The lowest BCUT2D eigenvalue weighted by atomic mass is 9.95. The van der Waals surface area contributed by atoms with Gasteiger partial charge in [0.1, 0.15) is 0 Å². The summed E-state index contributed by atoms with van der Waals surface area (Å²) in [6.07, 6.45) is 4.79. The van der Waals surface area contributed by atoms with Crippen LogP contribution in [0.1, 0.15) is 23.2 Å². The van der Waals surface area contributed by atoms with Crippen molar-refractivity contribution in [2.75, 3.05) is 18.4 Å². The van der Waals surface area contributed by atoms with Crippen LogP contribution < -0.4 is 5.32 Å². The smallest absolute Gasteiger partial charge is 0.256 e. The fourth-order valence-corrected chi connectivity index (χ4v) is 3.79. The van der Waals surface area contributed by atoms with Crippen LogP contribution in [0.4, 0.5) is 5.13 Å². The van der Waals surface area contributed by atoms with Gasteiger partial charge < -0.3 is 15.2 Å². The third-order valence-corrected chi connectivity index (χ3v) is 5.32. The summed E-state index contributed by atoms with van der Waals surface area (Å²) in [7, 11) is 0. The van der Waals surface area contributed by atoms with Gasteiger partial charge >= 0.3 is 0 Å². The fraction of sp³-hybridized carbons (Fsp3) is 0.278. The number of piperidine rings is 1. The van der Waals surface area contributed by atoms with Gasteiger partial charge in [0.25, 0.3) is 5.91 Å². The third-order valence-electron chi connectivity index (χ3n) is 4.64. The third kappa shape index (κ3) is 3.15. The van der Waals surface area contributed by atoms with Crippen molar-refractivity contribution in [2.24, 2.45) is 5.92 Å². The monoisotopic (exact) mass is 354 g/mol. The van der Waals surface area contributed by atoms with Crippen LogP contribution >= 0.6 is 11.3 Å². The second-order valence-corrected chi connectivity index (χ2v) is 7.04. The molecular weight excluding hydrogens is 336 g/mol. The molecule has 0 spiro atoms. The molecule has 0 saturated carbocycles. The van der Waals surface area contributed by atoms with E-state index >= 15 is 0 Å². The molecule has 128 valence electrons. The van der Waals surface area contributed by atoms with Gasteiger partial charge in [-0.2, -0.15) is 0 Å². The number of fused-ring (bicyclic) bond motifs is 1. The van der Waals surface area contributed by atoms with Crippen LogP contribution in [0, 0.1) is 5.92 Å². The minimum Gasteiger partial charge on any atom is -0.360 e. The molecule has 2 N–H and O–H groups in total. The number of carbonyl (C=O) groups is 2. The number of aromatic nitrogens is 2. The molecule has 6 nitrogen and oxygen atoms in total. The molecule has 0 bridgehead atoms. The highest BCUT2D eigenvalue weighted by Gasteiger charge is 2.29. The van der Waals surface area contributed by atoms with Gasteiger partial charge in [-0.25, -0.2) is 4.98 Å². The lowest BCUT2D eigenvalue weighted by molar-refractivity contribution is -0.121. The predicted molar refractivity (Wildman–Crippen MR) is 97.7 cm³/mol. The number of para-hydroxylation sites is 1. The average Bonchev–Trinajstić information content (AvgIpc) is 3.31. The highest BCUT2D eigenvalue weighted by atomic mass is 32.1. The molecular formula is C18H18N4O2S. The Labute approximate surface area is 148 Å². The Balaban J connectivity index is 1.40. The van der Waals surface area contributed by atoms with E-state index in [1.807, 2.05) is 34.5 Å². The van der Waals surface area contributed by atoms with Gasteiger partial charge in [-0.3, -0.25) is 9.59 Å². The molecule has 3 aromatic rings. The van der Waals surface area contributed by atoms with E-state index in [0.717, 1.165) is 10.9 Å². The Kier molecular flexibility index (Phi) is 4.23. The van der Waals surface area contributed by atoms with Gasteiger partial charge in [0, 0.05) is 47.7 Å². The van der Waals surface area contributed by atoms with Crippen molar-refractivity contribution in [1.29, 1.82) is 0 Å². The number of aromatic amines is 1. The maximum Gasteiger partial charge on any atom is 0.256 e. The molecule has 3 heterocycles. The van der Waals surface area contributed by atoms with Crippen molar-refractivity contribution in [1.82, 2.24) is 14.9 Å². The van der Waals surface area contributed by atoms with Gasteiger partial charge in [-0.05, 0) is 18.9 Å². The number of H-pyrrole nitrogens is 1. The Morgan fingerprint density at radius 3 is 2.80 bits per heavy atom. The summed E-state index contributed by atoms with van der Waals surface area (Å²) in [5.41, 5.74) is 1.66. The number of likely N-dealkylation sites (tertiary alicyclic amines) is 1. The van der Waals surface area contributed by atoms with Crippen molar-refractivity contribution in [3.8, 4) is 0 Å². The van der Waals surface area contributed by atoms with Gasteiger partial charge in [0.2, 0.25) is 5.91 Å². The van der Waals surface area contributed by atoms with Crippen molar-refractivity contribution >= 4 is 39.2 Å². The maximum atomic E-state index is 12.8. The molecule has 25 heavy (non-hydrogen) atoms. The standard InChI is InChI=1S/C18H18N4O2S/c23-16(21-18-19-7-10-25-18)12-5-8-22(9-6-12)17(24)14-11-20-15-4-2-1-3-13(14)15/h1-4,7,10-12,20H,5-6,8-9H2,(H,19,21,23). The Morgan fingerprint density at radius 2 is 2.04 bits per heavy atom. The van der Waals surface area contributed by atoms with Crippen LogP contribution in [0.3, 0.4) is 0 Å². The second kappa shape index (κ2) is 6.68. The molecule has 4 rings (SSSR count). The van der Waals surface area contributed by atoms with E-state index in [4.69, 9.17) is 0 Å². The molecule has 1 fully saturated rings. The topological polar surface area (TPSA) is 78.1 Å².